The van der Waals surface area contributed by atoms with Gasteiger partial charge in [0.15, 0.2) is 6.10 Å². The van der Waals surface area contributed by atoms with E-state index in [9.17, 15) is 18.0 Å². The predicted molar refractivity (Wildman–Crippen MR) is 95.9 cm³/mol. The Morgan fingerprint density at radius 2 is 2.07 bits per heavy atom. The molecule has 0 radical (unpaired) electrons. The molecule has 1 atom stereocenters. The Balaban J connectivity index is 1.86. The molecule has 9 nitrogen and oxygen atoms in total. The second-order valence-electron chi connectivity index (χ2n) is 6.01. The van der Waals surface area contributed by atoms with Crippen molar-refractivity contribution < 1.29 is 22.7 Å². The van der Waals surface area contributed by atoms with Crippen molar-refractivity contribution in [2.45, 2.75) is 38.2 Å². The largest absolute Gasteiger partial charge is 0.478 e. The van der Waals surface area contributed by atoms with Crippen molar-refractivity contribution >= 4 is 27.5 Å². The molecule has 1 aromatic carbocycles. The highest BCUT2D eigenvalue weighted by Crippen LogP contribution is 2.32. The van der Waals surface area contributed by atoms with Crippen molar-refractivity contribution in [3.05, 3.63) is 41.5 Å². The molecule has 2 amide bonds. The number of carbonyl (C=O) groups excluding carboxylic acids is 2. The molecule has 2 aromatic rings. The second-order valence-corrected chi connectivity index (χ2v) is 7.70. The summed E-state index contributed by atoms with van der Waals surface area (Å²) in [5.74, 6) is -0.343. The van der Waals surface area contributed by atoms with Crippen molar-refractivity contribution in [1.82, 2.24) is 14.7 Å². The fourth-order valence-electron chi connectivity index (χ4n) is 2.61. The fourth-order valence-corrected chi connectivity index (χ4v) is 3.60. The summed E-state index contributed by atoms with van der Waals surface area (Å²) in [5.41, 5.74) is 0.659. The third kappa shape index (κ3) is 3.75. The average Bonchev–Trinajstić information content (AvgIpc) is 2.60. The molecule has 0 fully saturated rings. The Hall–Kier alpha value is -3.01. The van der Waals surface area contributed by atoms with Crippen molar-refractivity contribution in [3.8, 4) is 5.75 Å². The summed E-state index contributed by atoms with van der Waals surface area (Å²) in [6, 6.07) is 3.99. The van der Waals surface area contributed by atoms with E-state index in [0.717, 1.165) is 0 Å². The minimum atomic E-state index is -4.17. The summed E-state index contributed by atoms with van der Waals surface area (Å²) in [5, 5.41) is 2.61. The Bertz CT molecular complexity index is 1040. The summed E-state index contributed by atoms with van der Waals surface area (Å²) in [7, 11) is -4.17. The molecule has 27 heavy (non-hydrogen) atoms. The lowest BCUT2D eigenvalue weighted by Crippen LogP contribution is -2.36. The number of benzene rings is 1. The van der Waals surface area contributed by atoms with Crippen LogP contribution in [0.4, 0.5) is 5.69 Å². The topological polar surface area (TPSA) is 127 Å². The zero-order chi connectivity index (χ0) is 19.8. The second kappa shape index (κ2) is 6.95. The van der Waals surface area contributed by atoms with Crippen LogP contribution >= 0.6 is 0 Å². The Kier molecular flexibility index (Phi) is 4.83. The number of nitrogens with one attached hydrogen (secondary N) is 2. The number of hydrogen-bond donors (Lipinski definition) is 2. The van der Waals surface area contributed by atoms with Crippen LogP contribution in [0.15, 0.2) is 29.3 Å². The van der Waals surface area contributed by atoms with Crippen LogP contribution in [0.3, 0.4) is 0 Å². The molecular weight excluding hydrogens is 372 g/mol. The first-order chi connectivity index (χ1) is 12.7. The van der Waals surface area contributed by atoms with E-state index in [2.05, 4.69) is 15.3 Å². The maximum atomic E-state index is 12.6. The van der Waals surface area contributed by atoms with Crippen molar-refractivity contribution in [2.24, 2.45) is 0 Å². The SMILES string of the molecule is CCC1Oc2ccc(S(=O)(=O)NC(=O)c3cnc(C)nc3C)cc2NC1=O. The summed E-state index contributed by atoms with van der Waals surface area (Å²) in [4.78, 5) is 32.0. The Morgan fingerprint density at radius 1 is 1.33 bits per heavy atom. The lowest BCUT2D eigenvalue weighted by atomic mass is 10.2. The van der Waals surface area contributed by atoms with Crippen molar-refractivity contribution in [3.63, 3.8) is 0 Å². The highest BCUT2D eigenvalue weighted by Gasteiger charge is 2.28. The maximum absolute atomic E-state index is 12.6. The van der Waals surface area contributed by atoms with Crippen molar-refractivity contribution in [1.29, 1.82) is 0 Å². The summed E-state index contributed by atoms with van der Waals surface area (Å²) in [6.07, 6.45) is 1.14. The van der Waals surface area contributed by atoms with Gasteiger partial charge in [-0.1, -0.05) is 6.92 Å². The van der Waals surface area contributed by atoms with E-state index in [1.54, 1.807) is 20.8 Å². The van der Waals surface area contributed by atoms with Gasteiger partial charge in [0.2, 0.25) is 0 Å². The van der Waals surface area contributed by atoms with Gasteiger partial charge >= 0.3 is 0 Å². The molecule has 0 saturated heterocycles. The number of aryl methyl sites for hydroxylation is 2. The Labute approximate surface area is 156 Å². The summed E-state index contributed by atoms with van der Waals surface area (Å²) >= 11 is 0. The maximum Gasteiger partial charge on any atom is 0.268 e. The van der Waals surface area contributed by atoms with Crippen LogP contribution < -0.4 is 14.8 Å². The van der Waals surface area contributed by atoms with E-state index in [1.807, 2.05) is 4.72 Å². The number of carbonyl (C=O) groups is 2. The number of nitrogens with zero attached hydrogens (tertiary/aromatic N) is 2. The number of hydrogen-bond acceptors (Lipinski definition) is 7. The van der Waals surface area contributed by atoms with E-state index in [1.165, 1.54) is 24.4 Å². The molecule has 2 heterocycles. The lowest BCUT2D eigenvalue weighted by Gasteiger charge is -2.25. The van der Waals surface area contributed by atoms with E-state index in [4.69, 9.17) is 4.74 Å². The summed E-state index contributed by atoms with van der Waals surface area (Å²) < 4.78 is 32.6. The van der Waals surface area contributed by atoms with Gasteiger partial charge in [0.25, 0.3) is 21.8 Å². The molecule has 1 aliphatic heterocycles. The highest BCUT2D eigenvalue weighted by atomic mass is 32.2. The summed E-state index contributed by atoms with van der Waals surface area (Å²) in [6.45, 7) is 5.06. The fraction of sp³-hybridized carbons (Fsp3) is 0.294. The first-order valence-electron chi connectivity index (χ1n) is 8.20. The normalized spacial score (nSPS) is 16.1. The molecule has 2 N–H and O–H groups in total. The molecule has 0 bridgehead atoms. The zero-order valence-corrected chi connectivity index (χ0v) is 15.8. The first kappa shape index (κ1) is 18.8. The highest BCUT2D eigenvalue weighted by molar-refractivity contribution is 7.90. The molecular formula is C17H18N4O5S. The van der Waals surface area contributed by atoms with Gasteiger partial charge in [-0.3, -0.25) is 9.59 Å². The molecule has 142 valence electrons. The quantitative estimate of drug-likeness (QED) is 0.806. The third-order valence-electron chi connectivity index (χ3n) is 4.02. The van der Waals surface area contributed by atoms with Gasteiger partial charge in [-0.05, 0) is 38.5 Å². The molecule has 1 aliphatic rings. The van der Waals surface area contributed by atoms with Gasteiger partial charge in [0, 0.05) is 6.20 Å². The van der Waals surface area contributed by atoms with Crippen molar-refractivity contribution in [2.75, 3.05) is 5.32 Å². The number of sulfonamides is 1. The van der Waals surface area contributed by atoms with Crippen LogP contribution in [-0.2, 0) is 14.8 Å². The van der Waals surface area contributed by atoms with Crippen LogP contribution in [0.1, 0.15) is 35.2 Å². The van der Waals surface area contributed by atoms with E-state index >= 15 is 0 Å². The zero-order valence-electron chi connectivity index (χ0n) is 14.9. The standard InChI is InChI=1S/C17H18N4O5S/c1-4-14-17(23)20-13-7-11(5-6-15(13)26-14)27(24,25)21-16(22)12-8-18-10(3)19-9(12)2/h5-8,14H,4H2,1-3H3,(H,20,23)(H,21,22). The Morgan fingerprint density at radius 3 is 2.74 bits per heavy atom. The number of rotatable bonds is 4. The minimum Gasteiger partial charge on any atom is -0.478 e. The predicted octanol–water partition coefficient (Wildman–Crippen LogP) is 1.32. The first-order valence-corrected chi connectivity index (χ1v) is 9.68. The van der Waals surface area contributed by atoms with Crippen LogP contribution in [-0.4, -0.2) is 36.3 Å². The monoisotopic (exact) mass is 390 g/mol. The van der Waals surface area contributed by atoms with Gasteiger partial charge < -0.3 is 10.1 Å². The molecule has 1 unspecified atom stereocenters. The molecule has 0 saturated carbocycles. The number of aromatic nitrogens is 2. The van der Waals surface area contributed by atoms with Gasteiger partial charge in [-0.2, -0.15) is 0 Å². The smallest absolute Gasteiger partial charge is 0.268 e. The van der Waals surface area contributed by atoms with Crippen LogP contribution in [0.2, 0.25) is 0 Å². The van der Waals surface area contributed by atoms with Crippen LogP contribution in [0.25, 0.3) is 0 Å². The van der Waals surface area contributed by atoms with Gasteiger partial charge in [0.05, 0.1) is 21.8 Å². The lowest BCUT2D eigenvalue weighted by molar-refractivity contribution is -0.123. The molecule has 10 heteroatoms. The number of anilines is 1. The van der Waals surface area contributed by atoms with Crippen LogP contribution in [0.5, 0.6) is 5.75 Å². The van der Waals surface area contributed by atoms with Gasteiger partial charge in [-0.15, -0.1) is 0 Å². The average molecular weight is 390 g/mol. The third-order valence-corrected chi connectivity index (χ3v) is 5.35. The van der Waals surface area contributed by atoms with Gasteiger partial charge in [0.1, 0.15) is 11.6 Å². The number of ether oxygens (including phenoxy) is 1. The minimum absolute atomic E-state index is 0.0598. The van der Waals surface area contributed by atoms with E-state index in [0.29, 0.717) is 23.7 Å². The molecule has 1 aromatic heterocycles. The number of fused-ring (bicyclic) bond motifs is 1. The number of amides is 2. The molecule has 3 rings (SSSR count). The van der Waals surface area contributed by atoms with E-state index in [-0.39, 0.29) is 22.1 Å². The van der Waals surface area contributed by atoms with Crippen LogP contribution in [0, 0.1) is 13.8 Å². The van der Waals surface area contributed by atoms with E-state index < -0.39 is 22.0 Å². The van der Waals surface area contributed by atoms with Gasteiger partial charge in [-0.25, -0.2) is 23.1 Å². The molecule has 0 spiro atoms. The molecule has 0 aliphatic carbocycles.